The Morgan fingerprint density at radius 1 is 1.28 bits per heavy atom. The van der Waals surface area contributed by atoms with Gasteiger partial charge in [0.1, 0.15) is 5.54 Å². The molecule has 0 amide bonds. The second-order valence-corrected chi connectivity index (χ2v) is 6.69. The van der Waals surface area contributed by atoms with E-state index in [-0.39, 0.29) is 0 Å². The molecule has 0 aliphatic heterocycles. The summed E-state index contributed by atoms with van der Waals surface area (Å²) in [6.07, 6.45) is 7.55. The van der Waals surface area contributed by atoms with Crippen LogP contribution in [-0.4, -0.2) is 29.6 Å². The van der Waals surface area contributed by atoms with E-state index in [4.69, 9.17) is 5.73 Å². The highest BCUT2D eigenvalue weighted by Gasteiger charge is 2.44. The molecule has 2 aliphatic carbocycles. The predicted octanol–water partition coefficient (Wildman–Crippen LogP) is 2.52. The van der Waals surface area contributed by atoms with Gasteiger partial charge >= 0.3 is 0 Å². The van der Waals surface area contributed by atoms with Crippen molar-refractivity contribution in [2.24, 2.45) is 17.6 Å². The molecule has 1 unspecified atom stereocenters. The van der Waals surface area contributed by atoms with Crippen LogP contribution in [0.5, 0.6) is 0 Å². The van der Waals surface area contributed by atoms with Crippen LogP contribution in [0, 0.1) is 23.2 Å². The first-order chi connectivity index (χ1) is 8.55. The van der Waals surface area contributed by atoms with Crippen LogP contribution in [0.1, 0.15) is 52.4 Å². The Labute approximate surface area is 111 Å². The van der Waals surface area contributed by atoms with E-state index >= 15 is 0 Å². The molecule has 2 N–H and O–H groups in total. The first-order valence-electron chi connectivity index (χ1n) is 7.49. The van der Waals surface area contributed by atoms with Crippen molar-refractivity contribution in [2.75, 3.05) is 13.1 Å². The number of nitrogens with zero attached hydrogens (tertiary/aromatic N) is 2. The topological polar surface area (TPSA) is 53.0 Å². The fraction of sp³-hybridized carbons (Fsp3) is 0.933. The lowest BCUT2D eigenvalue weighted by Crippen LogP contribution is -2.54. The number of hydrogen-bond acceptors (Lipinski definition) is 3. The van der Waals surface area contributed by atoms with Crippen molar-refractivity contribution < 1.29 is 0 Å². The molecule has 2 aliphatic rings. The van der Waals surface area contributed by atoms with Gasteiger partial charge in [-0.15, -0.1) is 0 Å². The van der Waals surface area contributed by atoms with Crippen molar-refractivity contribution in [3.8, 4) is 6.07 Å². The number of hydrogen-bond donors (Lipinski definition) is 1. The summed E-state index contributed by atoms with van der Waals surface area (Å²) in [6, 6.07) is 3.07. The fourth-order valence-electron chi connectivity index (χ4n) is 3.27. The maximum absolute atomic E-state index is 9.42. The highest BCUT2D eigenvalue weighted by atomic mass is 15.2. The Morgan fingerprint density at radius 2 is 1.89 bits per heavy atom. The van der Waals surface area contributed by atoms with Crippen molar-refractivity contribution in [3.05, 3.63) is 0 Å². The Kier molecular flexibility index (Phi) is 4.29. The minimum absolute atomic E-state index is 0.443. The largest absolute Gasteiger partial charge is 0.312 e. The van der Waals surface area contributed by atoms with Crippen LogP contribution in [0.4, 0.5) is 0 Å². The fourth-order valence-corrected chi connectivity index (χ4v) is 3.27. The lowest BCUT2D eigenvalue weighted by Gasteiger charge is -2.36. The molecule has 0 saturated heterocycles. The molecule has 0 aromatic carbocycles. The van der Waals surface area contributed by atoms with Crippen molar-refractivity contribution in [3.63, 3.8) is 0 Å². The van der Waals surface area contributed by atoms with Gasteiger partial charge in [-0.2, -0.15) is 5.26 Å². The smallest absolute Gasteiger partial charge is 0.119 e. The Balaban J connectivity index is 2.01. The van der Waals surface area contributed by atoms with Crippen molar-refractivity contribution >= 4 is 0 Å². The molecule has 3 nitrogen and oxygen atoms in total. The highest BCUT2D eigenvalue weighted by molar-refractivity contribution is 5.15. The van der Waals surface area contributed by atoms with Crippen LogP contribution in [0.25, 0.3) is 0 Å². The third kappa shape index (κ3) is 3.24. The van der Waals surface area contributed by atoms with E-state index in [0.29, 0.717) is 17.9 Å². The molecule has 0 heterocycles. The molecule has 3 heteroatoms. The molecular formula is C15H27N3. The Bertz CT molecular complexity index is 310. The van der Waals surface area contributed by atoms with Crippen LogP contribution in [0.3, 0.4) is 0 Å². The minimum atomic E-state index is -0.600. The van der Waals surface area contributed by atoms with Crippen LogP contribution in [0.2, 0.25) is 0 Å². The molecule has 2 saturated carbocycles. The van der Waals surface area contributed by atoms with E-state index in [0.717, 1.165) is 25.9 Å². The van der Waals surface area contributed by atoms with Gasteiger partial charge in [0.15, 0.2) is 0 Å². The molecule has 1 atom stereocenters. The van der Waals surface area contributed by atoms with E-state index in [1.165, 1.54) is 25.7 Å². The van der Waals surface area contributed by atoms with Gasteiger partial charge in [0.05, 0.1) is 6.07 Å². The van der Waals surface area contributed by atoms with E-state index in [1.807, 2.05) is 0 Å². The zero-order valence-electron chi connectivity index (χ0n) is 11.9. The summed E-state index contributed by atoms with van der Waals surface area (Å²) in [4.78, 5) is 2.51. The predicted molar refractivity (Wildman–Crippen MR) is 73.9 cm³/mol. The number of rotatable bonds is 6. The summed E-state index contributed by atoms with van der Waals surface area (Å²) in [5.74, 6) is 1.09. The van der Waals surface area contributed by atoms with Gasteiger partial charge in [0.2, 0.25) is 0 Å². The standard InChI is InChI=1S/C15H27N3/c1-12(2)9-18(14-5-3-4-6-14)11-15(17,10-16)13-7-8-13/h12-14H,3-9,11,17H2,1-2H3. The number of nitriles is 1. The van der Waals surface area contributed by atoms with Gasteiger partial charge in [-0.05, 0) is 37.5 Å². The summed E-state index contributed by atoms with van der Waals surface area (Å²) in [5.41, 5.74) is 5.74. The Hall–Kier alpha value is -0.590. The van der Waals surface area contributed by atoms with Gasteiger partial charge in [-0.25, -0.2) is 0 Å². The van der Waals surface area contributed by atoms with Gasteiger partial charge < -0.3 is 5.73 Å². The monoisotopic (exact) mass is 249 g/mol. The average molecular weight is 249 g/mol. The third-order valence-electron chi connectivity index (χ3n) is 4.42. The zero-order chi connectivity index (χ0) is 13.2. The minimum Gasteiger partial charge on any atom is -0.312 e. The molecule has 0 aromatic heterocycles. The van der Waals surface area contributed by atoms with Gasteiger partial charge in [0, 0.05) is 19.1 Å². The number of nitrogens with two attached hydrogens (primary N) is 1. The Morgan fingerprint density at radius 3 is 2.33 bits per heavy atom. The third-order valence-corrected chi connectivity index (χ3v) is 4.42. The maximum Gasteiger partial charge on any atom is 0.119 e. The molecule has 102 valence electrons. The molecule has 18 heavy (non-hydrogen) atoms. The lowest BCUT2D eigenvalue weighted by atomic mass is 9.94. The van der Waals surface area contributed by atoms with Gasteiger partial charge in [0.25, 0.3) is 0 Å². The van der Waals surface area contributed by atoms with Gasteiger partial charge in [-0.1, -0.05) is 26.7 Å². The molecular weight excluding hydrogens is 222 g/mol. The second-order valence-electron chi connectivity index (χ2n) is 6.69. The summed E-state index contributed by atoms with van der Waals surface area (Å²) < 4.78 is 0. The van der Waals surface area contributed by atoms with E-state index in [2.05, 4.69) is 24.8 Å². The zero-order valence-corrected chi connectivity index (χ0v) is 11.9. The summed E-state index contributed by atoms with van der Waals surface area (Å²) in [5, 5.41) is 9.42. The summed E-state index contributed by atoms with van der Waals surface area (Å²) >= 11 is 0. The first kappa shape index (κ1) is 13.8. The van der Waals surface area contributed by atoms with Crippen LogP contribution in [-0.2, 0) is 0 Å². The highest BCUT2D eigenvalue weighted by Crippen LogP contribution is 2.39. The average Bonchev–Trinajstić information content (AvgIpc) is 3.04. The second kappa shape index (κ2) is 5.59. The van der Waals surface area contributed by atoms with E-state index < -0.39 is 5.54 Å². The summed E-state index contributed by atoms with van der Waals surface area (Å²) in [7, 11) is 0. The van der Waals surface area contributed by atoms with Crippen LogP contribution in [0.15, 0.2) is 0 Å². The SMILES string of the molecule is CC(C)CN(CC(N)(C#N)C1CC1)C1CCCC1. The summed E-state index contributed by atoms with van der Waals surface area (Å²) in [6.45, 7) is 6.36. The van der Waals surface area contributed by atoms with Crippen molar-refractivity contribution in [1.82, 2.24) is 4.90 Å². The first-order valence-corrected chi connectivity index (χ1v) is 7.49. The molecule has 0 spiro atoms. The van der Waals surface area contributed by atoms with Crippen molar-refractivity contribution in [1.29, 1.82) is 5.26 Å². The molecule has 0 radical (unpaired) electrons. The maximum atomic E-state index is 9.42. The van der Waals surface area contributed by atoms with E-state index in [9.17, 15) is 5.26 Å². The van der Waals surface area contributed by atoms with E-state index in [1.54, 1.807) is 0 Å². The van der Waals surface area contributed by atoms with Crippen molar-refractivity contribution in [2.45, 2.75) is 64.0 Å². The molecule has 2 rings (SSSR count). The van der Waals surface area contributed by atoms with Crippen LogP contribution < -0.4 is 5.73 Å². The lowest BCUT2D eigenvalue weighted by molar-refractivity contribution is 0.145. The molecule has 0 bridgehead atoms. The molecule has 2 fully saturated rings. The normalized spacial score (nSPS) is 24.4. The van der Waals surface area contributed by atoms with Gasteiger partial charge in [-0.3, -0.25) is 4.90 Å². The van der Waals surface area contributed by atoms with Crippen LogP contribution >= 0.6 is 0 Å². The molecule has 0 aromatic rings. The quantitative estimate of drug-likeness (QED) is 0.787.